The molecule has 0 bridgehead atoms. The number of aryl methyl sites for hydroxylation is 2. The first kappa shape index (κ1) is 25.9. The topological polar surface area (TPSA) is 74.6 Å². The Kier molecular flexibility index (Phi) is 10.3. The third-order valence-electron chi connectivity index (χ3n) is 4.92. The predicted octanol–water partition coefficient (Wildman–Crippen LogP) is 3.04. The maximum atomic E-state index is 12.0. The van der Waals surface area contributed by atoms with Crippen LogP contribution in [0.4, 0.5) is 0 Å². The highest BCUT2D eigenvalue weighted by Crippen LogP contribution is 2.14. The van der Waals surface area contributed by atoms with Crippen LogP contribution in [0.2, 0.25) is 0 Å². The van der Waals surface area contributed by atoms with Crippen molar-refractivity contribution in [1.29, 1.82) is 0 Å². The number of amides is 1. The van der Waals surface area contributed by atoms with Gasteiger partial charge in [-0.1, -0.05) is 12.1 Å². The Hall–Kier alpha value is -2.10. The van der Waals surface area contributed by atoms with Gasteiger partial charge in [-0.2, -0.15) is 5.10 Å². The van der Waals surface area contributed by atoms with Crippen molar-refractivity contribution in [1.82, 2.24) is 25.3 Å². The minimum Gasteiger partial charge on any atom is -0.357 e. The first-order valence-corrected chi connectivity index (χ1v) is 10.1. The van der Waals surface area contributed by atoms with Crippen LogP contribution in [0.25, 0.3) is 0 Å². The summed E-state index contributed by atoms with van der Waals surface area (Å²) in [6.45, 7) is 9.70. The zero-order chi connectivity index (χ0) is 21.6. The molecule has 30 heavy (non-hydrogen) atoms. The highest BCUT2D eigenvalue weighted by atomic mass is 127. The van der Waals surface area contributed by atoms with E-state index in [-0.39, 0.29) is 35.9 Å². The molecule has 2 N–H and O–H groups in total. The molecule has 1 aromatic carbocycles. The van der Waals surface area contributed by atoms with Crippen LogP contribution in [0.1, 0.15) is 46.7 Å². The number of aromatic nitrogens is 2. The monoisotopic (exact) mass is 526 g/mol. The summed E-state index contributed by atoms with van der Waals surface area (Å²) >= 11 is 0. The summed E-state index contributed by atoms with van der Waals surface area (Å²) < 4.78 is 1.93. The van der Waals surface area contributed by atoms with Crippen molar-refractivity contribution in [2.45, 2.75) is 46.7 Å². The maximum Gasteiger partial charge on any atom is 0.253 e. The van der Waals surface area contributed by atoms with E-state index in [1.54, 1.807) is 19.0 Å². The van der Waals surface area contributed by atoms with Crippen molar-refractivity contribution < 1.29 is 4.79 Å². The fraction of sp³-hybridized carbons (Fsp3) is 0.500. The number of guanidine groups is 1. The molecular weight excluding hydrogens is 491 g/mol. The molecule has 1 aromatic heterocycles. The van der Waals surface area contributed by atoms with Gasteiger partial charge in [0.05, 0.1) is 12.2 Å². The number of hydrogen-bond donors (Lipinski definition) is 2. The molecule has 2 rings (SSSR count). The molecule has 0 fully saturated rings. The van der Waals surface area contributed by atoms with Crippen LogP contribution in [0.3, 0.4) is 0 Å². The molecule has 8 heteroatoms. The van der Waals surface area contributed by atoms with E-state index < -0.39 is 0 Å². The molecule has 166 valence electrons. The van der Waals surface area contributed by atoms with Gasteiger partial charge in [-0.25, -0.2) is 4.99 Å². The normalized spacial score (nSPS) is 12.2. The first-order chi connectivity index (χ1) is 13.7. The van der Waals surface area contributed by atoms with E-state index in [9.17, 15) is 4.79 Å². The summed E-state index contributed by atoms with van der Waals surface area (Å²) in [7, 11) is 5.49. The van der Waals surface area contributed by atoms with Gasteiger partial charge in [-0.05, 0) is 57.4 Å². The number of aliphatic imine (C=N–C) groups is 1. The molecule has 0 spiro atoms. The fourth-order valence-electron chi connectivity index (χ4n) is 3.20. The lowest BCUT2D eigenvalue weighted by Gasteiger charge is -2.18. The van der Waals surface area contributed by atoms with Crippen LogP contribution in [0.15, 0.2) is 29.3 Å². The summed E-state index contributed by atoms with van der Waals surface area (Å²) in [6, 6.07) is 7.83. The van der Waals surface area contributed by atoms with Gasteiger partial charge in [0.2, 0.25) is 0 Å². The van der Waals surface area contributed by atoms with E-state index in [4.69, 9.17) is 4.99 Å². The standard InChI is InChI=1S/C22H34N6O.HI/c1-8-23-22(25-15(2)13-20-16(3)26-28(7)17(20)4)24-14-18-9-11-19(12-10-18)21(29)27(5)6;/h9-12,15H,8,13-14H2,1-7H3,(H2,23,24,25);1H. The van der Waals surface area contributed by atoms with Gasteiger partial charge in [-0.3, -0.25) is 9.48 Å². The number of hydrogen-bond acceptors (Lipinski definition) is 3. The van der Waals surface area contributed by atoms with Gasteiger partial charge in [0.25, 0.3) is 5.91 Å². The third-order valence-corrected chi connectivity index (χ3v) is 4.92. The summed E-state index contributed by atoms with van der Waals surface area (Å²) in [5, 5.41) is 11.3. The Bertz CT molecular complexity index is 857. The average molecular weight is 526 g/mol. The first-order valence-electron chi connectivity index (χ1n) is 10.1. The molecule has 1 amide bonds. The minimum absolute atomic E-state index is 0. The number of halogens is 1. The molecule has 1 atom stereocenters. The molecule has 7 nitrogen and oxygen atoms in total. The summed E-state index contributed by atoms with van der Waals surface area (Å²) in [6.07, 6.45) is 0.886. The number of carbonyl (C=O) groups is 1. The second-order valence-electron chi connectivity index (χ2n) is 7.61. The maximum absolute atomic E-state index is 12.0. The second-order valence-corrected chi connectivity index (χ2v) is 7.61. The van der Waals surface area contributed by atoms with E-state index in [1.807, 2.05) is 36.0 Å². The van der Waals surface area contributed by atoms with Crippen molar-refractivity contribution in [3.8, 4) is 0 Å². The second kappa shape index (κ2) is 11.9. The predicted molar refractivity (Wildman–Crippen MR) is 134 cm³/mol. The third kappa shape index (κ3) is 7.00. The molecule has 2 aromatic rings. The molecular formula is C22H35IN6O. The van der Waals surface area contributed by atoms with E-state index in [2.05, 4.69) is 43.4 Å². The van der Waals surface area contributed by atoms with E-state index in [0.717, 1.165) is 30.2 Å². The van der Waals surface area contributed by atoms with Crippen LogP contribution >= 0.6 is 24.0 Å². The van der Waals surface area contributed by atoms with Crippen LogP contribution in [0, 0.1) is 13.8 Å². The largest absolute Gasteiger partial charge is 0.357 e. The van der Waals surface area contributed by atoms with E-state index >= 15 is 0 Å². The molecule has 1 heterocycles. The summed E-state index contributed by atoms with van der Waals surface area (Å²) in [5.74, 6) is 0.789. The molecule has 0 radical (unpaired) electrons. The van der Waals surface area contributed by atoms with Crippen LogP contribution in [-0.4, -0.2) is 53.2 Å². The number of carbonyl (C=O) groups excluding carboxylic acids is 1. The highest BCUT2D eigenvalue weighted by molar-refractivity contribution is 14.0. The fourth-order valence-corrected chi connectivity index (χ4v) is 3.20. The number of benzene rings is 1. The van der Waals surface area contributed by atoms with Crippen molar-refractivity contribution in [2.24, 2.45) is 12.0 Å². The number of nitrogens with one attached hydrogen (secondary N) is 2. The van der Waals surface area contributed by atoms with Crippen molar-refractivity contribution in [2.75, 3.05) is 20.6 Å². The summed E-state index contributed by atoms with van der Waals surface area (Å²) in [5.41, 5.74) is 5.30. The van der Waals surface area contributed by atoms with Gasteiger partial charge in [0.1, 0.15) is 0 Å². The van der Waals surface area contributed by atoms with Gasteiger partial charge >= 0.3 is 0 Å². The molecule has 0 aliphatic carbocycles. The zero-order valence-corrected chi connectivity index (χ0v) is 21.4. The van der Waals surface area contributed by atoms with Crippen LogP contribution in [-0.2, 0) is 20.0 Å². The number of rotatable bonds is 7. The molecule has 0 saturated carbocycles. The summed E-state index contributed by atoms with van der Waals surface area (Å²) in [4.78, 5) is 18.3. The van der Waals surface area contributed by atoms with Crippen LogP contribution < -0.4 is 10.6 Å². The van der Waals surface area contributed by atoms with E-state index in [1.165, 1.54) is 11.3 Å². The zero-order valence-electron chi connectivity index (χ0n) is 19.1. The van der Waals surface area contributed by atoms with Gasteiger partial charge in [0.15, 0.2) is 5.96 Å². The Morgan fingerprint density at radius 2 is 1.87 bits per heavy atom. The van der Waals surface area contributed by atoms with Gasteiger partial charge in [-0.15, -0.1) is 24.0 Å². The lowest BCUT2D eigenvalue weighted by Crippen LogP contribution is -2.43. The van der Waals surface area contributed by atoms with Gasteiger partial charge < -0.3 is 15.5 Å². The van der Waals surface area contributed by atoms with Crippen molar-refractivity contribution >= 4 is 35.8 Å². The highest BCUT2D eigenvalue weighted by Gasteiger charge is 2.14. The smallest absolute Gasteiger partial charge is 0.253 e. The minimum atomic E-state index is 0. The van der Waals surface area contributed by atoms with Crippen molar-refractivity contribution in [3.63, 3.8) is 0 Å². The lowest BCUT2D eigenvalue weighted by molar-refractivity contribution is 0.0827. The van der Waals surface area contributed by atoms with E-state index in [0.29, 0.717) is 12.1 Å². The SMILES string of the molecule is CCNC(=NCc1ccc(C(=O)N(C)C)cc1)NC(C)Cc1c(C)nn(C)c1C.I. The molecule has 0 aliphatic heterocycles. The Labute approximate surface area is 197 Å². The quantitative estimate of drug-likeness (QED) is 0.331. The molecule has 0 saturated heterocycles. The lowest BCUT2D eigenvalue weighted by atomic mass is 10.1. The average Bonchev–Trinajstić information content (AvgIpc) is 2.92. The molecule has 0 aliphatic rings. The van der Waals surface area contributed by atoms with Crippen LogP contribution in [0.5, 0.6) is 0 Å². The molecule has 1 unspecified atom stereocenters. The van der Waals surface area contributed by atoms with Crippen molar-refractivity contribution in [3.05, 3.63) is 52.3 Å². The Morgan fingerprint density at radius 1 is 1.23 bits per heavy atom. The number of nitrogens with zero attached hydrogens (tertiary/aromatic N) is 4. The Balaban J connectivity index is 0.00000450. The Morgan fingerprint density at radius 3 is 2.37 bits per heavy atom. The van der Waals surface area contributed by atoms with Gasteiger partial charge in [0, 0.05) is 45.0 Å².